The van der Waals surface area contributed by atoms with E-state index < -0.39 is 5.82 Å². The molecular weight excluding hydrogens is 279 g/mol. The Morgan fingerprint density at radius 1 is 0.750 bits per heavy atom. The Labute approximate surface area is 119 Å². The highest BCUT2D eigenvalue weighted by molar-refractivity contribution is 6.33. The molecular formula is C14H8ClFN4. The smallest absolute Gasteiger partial charge is 0.206 e. The SMILES string of the molecule is Fc1cccc(Cl)c1-c1nnc(-c2ccccc2)nn1. The molecule has 4 nitrogen and oxygen atoms in total. The van der Waals surface area contributed by atoms with E-state index in [4.69, 9.17) is 11.6 Å². The molecule has 0 aliphatic carbocycles. The van der Waals surface area contributed by atoms with E-state index in [1.807, 2.05) is 30.3 Å². The Balaban J connectivity index is 2.02. The summed E-state index contributed by atoms with van der Waals surface area (Å²) in [4.78, 5) is 0. The van der Waals surface area contributed by atoms with E-state index in [1.165, 1.54) is 12.1 Å². The van der Waals surface area contributed by atoms with Gasteiger partial charge in [-0.1, -0.05) is 48.0 Å². The Hall–Kier alpha value is -2.40. The second-order valence-corrected chi connectivity index (χ2v) is 4.42. The molecule has 0 saturated heterocycles. The summed E-state index contributed by atoms with van der Waals surface area (Å²) in [6.45, 7) is 0. The van der Waals surface area contributed by atoms with Crippen molar-refractivity contribution >= 4 is 11.6 Å². The number of nitrogens with zero attached hydrogens (tertiary/aromatic N) is 4. The Morgan fingerprint density at radius 2 is 1.40 bits per heavy atom. The lowest BCUT2D eigenvalue weighted by Crippen LogP contribution is -2.00. The zero-order valence-electron chi connectivity index (χ0n) is 10.2. The van der Waals surface area contributed by atoms with Gasteiger partial charge in [0.05, 0.1) is 10.6 Å². The standard InChI is InChI=1S/C14H8ClFN4/c15-10-7-4-8-11(16)12(10)14-19-17-13(18-20-14)9-5-2-1-3-6-9/h1-8H. The third kappa shape index (κ3) is 2.35. The van der Waals surface area contributed by atoms with E-state index in [2.05, 4.69) is 20.4 Å². The van der Waals surface area contributed by atoms with Crippen molar-refractivity contribution in [3.63, 3.8) is 0 Å². The maximum atomic E-state index is 13.7. The summed E-state index contributed by atoms with van der Waals surface area (Å²) in [5, 5.41) is 15.9. The van der Waals surface area contributed by atoms with Gasteiger partial charge in [0.2, 0.25) is 11.6 Å². The predicted octanol–water partition coefficient (Wildman–Crippen LogP) is 3.39. The van der Waals surface area contributed by atoms with E-state index in [0.29, 0.717) is 5.82 Å². The predicted molar refractivity (Wildman–Crippen MR) is 73.5 cm³/mol. The molecule has 0 radical (unpaired) electrons. The van der Waals surface area contributed by atoms with E-state index in [1.54, 1.807) is 6.07 Å². The molecule has 20 heavy (non-hydrogen) atoms. The average molecular weight is 287 g/mol. The second-order valence-electron chi connectivity index (χ2n) is 4.01. The van der Waals surface area contributed by atoms with E-state index in [9.17, 15) is 4.39 Å². The molecule has 1 aromatic heterocycles. The average Bonchev–Trinajstić information content (AvgIpc) is 2.49. The van der Waals surface area contributed by atoms with E-state index >= 15 is 0 Å². The molecule has 6 heteroatoms. The van der Waals surface area contributed by atoms with Crippen molar-refractivity contribution in [2.24, 2.45) is 0 Å². The molecule has 0 bridgehead atoms. The van der Waals surface area contributed by atoms with Crippen LogP contribution >= 0.6 is 11.6 Å². The molecule has 0 aliphatic heterocycles. The van der Waals surface area contributed by atoms with Gasteiger partial charge < -0.3 is 0 Å². The lowest BCUT2D eigenvalue weighted by molar-refractivity contribution is 0.628. The minimum atomic E-state index is -0.506. The fourth-order valence-corrected chi connectivity index (χ4v) is 1.99. The number of halogens is 2. The van der Waals surface area contributed by atoms with Gasteiger partial charge in [0.15, 0.2) is 0 Å². The van der Waals surface area contributed by atoms with Crippen molar-refractivity contribution in [1.29, 1.82) is 0 Å². The van der Waals surface area contributed by atoms with Crippen molar-refractivity contribution in [2.45, 2.75) is 0 Å². The molecule has 1 heterocycles. The lowest BCUT2D eigenvalue weighted by atomic mass is 10.2. The molecule has 0 saturated carbocycles. The van der Waals surface area contributed by atoms with Gasteiger partial charge in [-0.2, -0.15) is 0 Å². The van der Waals surface area contributed by atoms with Crippen LogP contribution < -0.4 is 0 Å². The van der Waals surface area contributed by atoms with Crippen molar-refractivity contribution in [2.75, 3.05) is 0 Å². The Morgan fingerprint density at radius 3 is 2.05 bits per heavy atom. The molecule has 0 fully saturated rings. The maximum absolute atomic E-state index is 13.7. The Bertz CT molecular complexity index is 712. The van der Waals surface area contributed by atoms with Crippen LogP contribution in [0.3, 0.4) is 0 Å². The first-order chi connectivity index (χ1) is 9.75. The largest absolute Gasteiger partial charge is 0.208 e. The zero-order valence-corrected chi connectivity index (χ0v) is 10.9. The highest BCUT2D eigenvalue weighted by atomic mass is 35.5. The number of aromatic nitrogens is 4. The lowest BCUT2D eigenvalue weighted by Gasteiger charge is -2.03. The monoisotopic (exact) mass is 286 g/mol. The van der Waals surface area contributed by atoms with E-state index in [-0.39, 0.29) is 16.4 Å². The molecule has 98 valence electrons. The summed E-state index contributed by atoms with van der Waals surface area (Å²) in [6.07, 6.45) is 0. The van der Waals surface area contributed by atoms with Gasteiger partial charge >= 0.3 is 0 Å². The number of hydrogen-bond acceptors (Lipinski definition) is 4. The molecule has 0 atom stereocenters. The molecule has 0 amide bonds. The molecule has 0 unspecified atom stereocenters. The first-order valence-corrected chi connectivity index (χ1v) is 6.21. The van der Waals surface area contributed by atoms with Gasteiger partial charge in [-0.05, 0) is 12.1 Å². The van der Waals surface area contributed by atoms with Crippen LogP contribution in [0.4, 0.5) is 4.39 Å². The van der Waals surface area contributed by atoms with Crippen LogP contribution in [0.5, 0.6) is 0 Å². The molecule has 0 aliphatic rings. The Kier molecular flexibility index (Phi) is 3.35. The van der Waals surface area contributed by atoms with Gasteiger partial charge in [-0.15, -0.1) is 20.4 Å². The first-order valence-electron chi connectivity index (χ1n) is 5.83. The zero-order chi connectivity index (χ0) is 13.9. The summed E-state index contributed by atoms with van der Waals surface area (Å²) >= 11 is 5.95. The highest BCUT2D eigenvalue weighted by Crippen LogP contribution is 2.27. The summed E-state index contributed by atoms with van der Waals surface area (Å²) in [5.41, 5.74) is 0.896. The minimum Gasteiger partial charge on any atom is -0.206 e. The van der Waals surface area contributed by atoms with Crippen molar-refractivity contribution in [1.82, 2.24) is 20.4 Å². The van der Waals surface area contributed by atoms with Crippen LogP contribution in [0.15, 0.2) is 48.5 Å². The second kappa shape index (κ2) is 5.30. The van der Waals surface area contributed by atoms with Crippen LogP contribution in [0.1, 0.15) is 0 Å². The van der Waals surface area contributed by atoms with Crippen LogP contribution in [0.25, 0.3) is 22.8 Å². The number of benzene rings is 2. The molecule has 3 rings (SSSR count). The topological polar surface area (TPSA) is 51.6 Å². The summed E-state index contributed by atoms with van der Waals surface area (Å²) in [7, 11) is 0. The summed E-state index contributed by atoms with van der Waals surface area (Å²) < 4.78 is 13.7. The van der Waals surface area contributed by atoms with Gasteiger partial charge in [0.1, 0.15) is 5.82 Å². The van der Waals surface area contributed by atoms with Gasteiger partial charge in [0.25, 0.3) is 0 Å². The summed E-state index contributed by atoms with van der Waals surface area (Å²) in [5.74, 6) is -0.0665. The van der Waals surface area contributed by atoms with Crippen molar-refractivity contribution < 1.29 is 4.39 Å². The maximum Gasteiger partial charge on any atom is 0.208 e. The van der Waals surface area contributed by atoms with Gasteiger partial charge in [-0.25, -0.2) is 4.39 Å². The van der Waals surface area contributed by atoms with E-state index in [0.717, 1.165) is 5.56 Å². The fourth-order valence-electron chi connectivity index (χ4n) is 1.74. The molecule has 3 aromatic rings. The molecule has 2 aromatic carbocycles. The van der Waals surface area contributed by atoms with Gasteiger partial charge in [-0.3, -0.25) is 0 Å². The summed E-state index contributed by atoms with van der Waals surface area (Å²) in [6, 6.07) is 13.7. The first kappa shape index (κ1) is 12.6. The van der Waals surface area contributed by atoms with Crippen molar-refractivity contribution in [3.8, 4) is 22.8 Å². The molecule has 0 N–H and O–H groups in total. The third-order valence-corrected chi connectivity index (χ3v) is 3.01. The van der Waals surface area contributed by atoms with Crippen LogP contribution in [-0.2, 0) is 0 Å². The molecule has 0 spiro atoms. The quantitative estimate of drug-likeness (QED) is 0.724. The van der Waals surface area contributed by atoms with Gasteiger partial charge in [0, 0.05) is 5.56 Å². The third-order valence-electron chi connectivity index (χ3n) is 2.70. The minimum absolute atomic E-state index is 0.0628. The van der Waals surface area contributed by atoms with Crippen LogP contribution in [-0.4, -0.2) is 20.4 Å². The van der Waals surface area contributed by atoms with Crippen LogP contribution in [0, 0.1) is 5.82 Å². The van der Waals surface area contributed by atoms with Crippen LogP contribution in [0.2, 0.25) is 5.02 Å². The van der Waals surface area contributed by atoms with Crippen molar-refractivity contribution in [3.05, 3.63) is 59.4 Å². The number of hydrogen-bond donors (Lipinski definition) is 0. The number of rotatable bonds is 2. The normalized spacial score (nSPS) is 10.5. The fraction of sp³-hybridized carbons (Fsp3) is 0. The highest BCUT2D eigenvalue weighted by Gasteiger charge is 2.14.